The maximum absolute atomic E-state index is 12.9. The lowest BCUT2D eigenvalue weighted by atomic mass is 10.2. The van der Waals surface area contributed by atoms with Crippen molar-refractivity contribution in [2.45, 2.75) is 23.8 Å². The molecule has 2 saturated heterocycles. The maximum atomic E-state index is 12.9. The van der Waals surface area contributed by atoms with Crippen LogP contribution in [0.3, 0.4) is 0 Å². The van der Waals surface area contributed by atoms with Crippen LogP contribution in [0.5, 0.6) is 5.75 Å². The van der Waals surface area contributed by atoms with Gasteiger partial charge < -0.3 is 14.4 Å². The van der Waals surface area contributed by atoms with Gasteiger partial charge in [0.2, 0.25) is 15.9 Å². The molecule has 2 fully saturated rings. The Morgan fingerprint density at radius 2 is 1.83 bits per heavy atom. The molecule has 8 heteroatoms. The van der Waals surface area contributed by atoms with Crippen molar-refractivity contribution >= 4 is 15.9 Å². The van der Waals surface area contributed by atoms with Gasteiger partial charge in [0.1, 0.15) is 11.8 Å². The monoisotopic (exact) mass is 354 g/mol. The molecule has 1 aromatic carbocycles. The van der Waals surface area contributed by atoms with E-state index >= 15 is 0 Å². The molecule has 1 atom stereocenters. The van der Waals surface area contributed by atoms with Crippen molar-refractivity contribution in [3.05, 3.63) is 24.3 Å². The highest BCUT2D eigenvalue weighted by atomic mass is 32.2. The van der Waals surface area contributed by atoms with Gasteiger partial charge in [0.15, 0.2) is 0 Å². The number of benzene rings is 1. The second-order valence-electron chi connectivity index (χ2n) is 5.89. The molecule has 0 radical (unpaired) electrons. The number of hydrogen-bond donors (Lipinski definition) is 0. The summed E-state index contributed by atoms with van der Waals surface area (Å²) in [6.07, 6.45) is 1.25. The number of methoxy groups -OCH3 is 1. The highest BCUT2D eigenvalue weighted by Gasteiger charge is 2.41. The molecule has 2 aliphatic rings. The van der Waals surface area contributed by atoms with Gasteiger partial charge in [-0.05, 0) is 37.1 Å². The Bertz CT molecular complexity index is 683. The Hall–Kier alpha value is -1.64. The molecule has 2 heterocycles. The predicted molar refractivity (Wildman–Crippen MR) is 87.3 cm³/mol. The van der Waals surface area contributed by atoms with E-state index in [0.717, 1.165) is 0 Å². The number of nitrogens with zero attached hydrogens (tertiary/aromatic N) is 2. The molecule has 0 N–H and O–H groups in total. The molecule has 1 aromatic rings. The summed E-state index contributed by atoms with van der Waals surface area (Å²) in [4.78, 5) is 14.6. The quantitative estimate of drug-likeness (QED) is 0.796. The van der Waals surface area contributed by atoms with Crippen molar-refractivity contribution in [2.75, 3.05) is 40.0 Å². The third-order valence-electron chi connectivity index (χ3n) is 4.48. The molecule has 2 aliphatic heterocycles. The fourth-order valence-corrected chi connectivity index (χ4v) is 4.80. The summed E-state index contributed by atoms with van der Waals surface area (Å²) in [5.74, 6) is 0.476. The number of sulfonamides is 1. The minimum Gasteiger partial charge on any atom is -0.497 e. The van der Waals surface area contributed by atoms with Crippen LogP contribution in [0.2, 0.25) is 0 Å². The number of carbonyl (C=O) groups excluding carboxylic acids is 1. The van der Waals surface area contributed by atoms with Crippen LogP contribution in [-0.4, -0.2) is 69.5 Å². The van der Waals surface area contributed by atoms with Gasteiger partial charge in [-0.15, -0.1) is 0 Å². The normalized spacial score (nSPS) is 22.5. The zero-order valence-corrected chi connectivity index (χ0v) is 14.5. The molecule has 0 aromatic heterocycles. The molecule has 0 unspecified atom stereocenters. The fourth-order valence-electron chi connectivity index (χ4n) is 3.15. The second kappa shape index (κ2) is 7.08. The Balaban J connectivity index is 1.81. The van der Waals surface area contributed by atoms with E-state index in [1.807, 2.05) is 0 Å². The maximum Gasteiger partial charge on any atom is 0.243 e. The first-order chi connectivity index (χ1) is 11.5. The van der Waals surface area contributed by atoms with Crippen LogP contribution in [0, 0.1) is 0 Å². The number of hydrogen-bond acceptors (Lipinski definition) is 5. The zero-order valence-electron chi connectivity index (χ0n) is 13.7. The standard InChI is InChI=1S/C16H22N2O5S/c1-22-13-4-6-14(7-5-13)24(20,21)18-8-2-3-15(18)16(19)17-9-11-23-12-10-17/h4-7,15H,2-3,8-12H2,1H3/t15-/m1/s1. The SMILES string of the molecule is COc1ccc(S(=O)(=O)N2CCC[C@@H]2C(=O)N2CCOCC2)cc1. The Morgan fingerprint density at radius 3 is 2.46 bits per heavy atom. The van der Waals surface area contributed by atoms with Crippen LogP contribution in [0.15, 0.2) is 29.2 Å². The molecular weight excluding hydrogens is 332 g/mol. The summed E-state index contributed by atoms with van der Waals surface area (Å²) in [6.45, 7) is 2.42. The van der Waals surface area contributed by atoms with Crippen molar-refractivity contribution in [1.82, 2.24) is 9.21 Å². The third kappa shape index (κ3) is 3.26. The summed E-state index contributed by atoms with van der Waals surface area (Å²) in [5, 5.41) is 0. The van der Waals surface area contributed by atoms with Crippen LogP contribution in [-0.2, 0) is 19.6 Å². The molecular formula is C16H22N2O5S. The van der Waals surface area contributed by atoms with Crippen LogP contribution in [0.4, 0.5) is 0 Å². The Labute approximate surface area is 142 Å². The van der Waals surface area contributed by atoms with E-state index < -0.39 is 16.1 Å². The molecule has 0 saturated carbocycles. The van der Waals surface area contributed by atoms with Gasteiger partial charge in [-0.25, -0.2) is 8.42 Å². The molecule has 0 bridgehead atoms. The van der Waals surface area contributed by atoms with Crippen molar-refractivity contribution in [3.63, 3.8) is 0 Å². The topological polar surface area (TPSA) is 76.2 Å². The Morgan fingerprint density at radius 1 is 1.17 bits per heavy atom. The number of rotatable bonds is 4. The highest BCUT2D eigenvalue weighted by molar-refractivity contribution is 7.89. The second-order valence-corrected chi connectivity index (χ2v) is 7.78. The van der Waals surface area contributed by atoms with E-state index in [4.69, 9.17) is 9.47 Å². The van der Waals surface area contributed by atoms with Gasteiger partial charge in [-0.3, -0.25) is 4.79 Å². The van der Waals surface area contributed by atoms with E-state index in [2.05, 4.69) is 0 Å². The molecule has 24 heavy (non-hydrogen) atoms. The van der Waals surface area contributed by atoms with E-state index in [-0.39, 0.29) is 10.8 Å². The molecule has 0 aliphatic carbocycles. The highest BCUT2D eigenvalue weighted by Crippen LogP contribution is 2.28. The van der Waals surface area contributed by atoms with Crippen molar-refractivity contribution in [1.29, 1.82) is 0 Å². The van der Waals surface area contributed by atoms with Gasteiger partial charge >= 0.3 is 0 Å². The minimum absolute atomic E-state index is 0.118. The molecule has 7 nitrogen and oxygen atoms in total. The first-order valence-corrected chi connectivity index (χ1v) is 9.50. The third-order valence-corrected chi connectivity index (χ3v) is 6.40. The van der Waals surface area contributed by atoms with Crippen molar-refractivity contribution in [2.24, 2.45) is 0 Å². The average molecular weight is 354 g/mol. The largest absolute Gasteiger partial charge is 0.497 e. The lowest BCUT2D eigenvalue weighted by Crippen LogP contribution is -2.50. The van der Waals surface area contributed by atoms with Gasteiger partial charge in [0, 0.05) is 19.6 Å². The lowest BCUT2D eigenvalue weighted by molar-refractivity contribution is -0.138. The fraction of sp³-hybridized carbons (Fsp3) is 0.562. The van der Waals surface area contributed by atoms with E-state index in [1.54, 1.807) is 17.0 Å². The number of carbonyl (C=O) groups is 1. The van der Waals surface area contributed by atoms with E-state index in [0.29, 0.717) is 51.4 Å². The minimum atomic E-state index is -3.70. The van der Waals surface area contributed by atoms with E-state index in [9.17, 15) is 13.2 Å². The number of amides is 1. The van der Waals surface area contributed by atoms with Gasteiger partial charge in [0.25, 0.3) is 0 Å². The van der Waals surface area contributed by atoms with Gasteiger partial charge in [0.05, 0.1) is 25.2 Å². The molecule has 1 amide bonds. The summed E-state index contributed by atoms with van der Waals surface area (Å²) in [7, 11) is -2.17. The Kier molecular flexibility index (Phi) is 5.07. The van der Waals surface area contributed by atoms with Gasteiger partial charge in [-0.2, -0.15) is 4.31 Å². The van der Waals surface area contributed by atoms with Crippen LogP contribution in [0.25, 0.3) is 0 Å². The smallest absolute Gasteiger partial charge is 0.243 e. The summed E-state index contributed by atoms with van der Waals surface area (Å²) in [6, 6.07) is 5.64. The number of ether oxygens (including phenoxy) is 2. The van der Waals surface area contributed by atoms with Crippen LogP contribution in [0.1, 0.15) is 12.8 Å². The average Bonchev–Trinajstić information content (AvgIpc) is 3.12. The molecule has 132 valence electrons. The lowest BCUT2D eigenvalue weighted by Gasteiger charge is -2.32. The first-order valence-electron chi connectivity index (χ1n) is 8.06. The van der Waals surface area contributed by atoms with Gasteiger partial charge in [-0.1, -0.05) is 0 Å². The van der Waals surface area contributed by atoms with Crippen molar-refractivity contribution < 1.29 is 22.7 Å². The summed E-state index contributed by atoms with van der Waals surface area (Å²) >= 11 is 0. The first kappa shape index (κ1) is 17.2. The predicted octanol–water partition coefficient (Wildman–Crippen LogP) is 0.707. The molecule has 3 rings (SSSR count). The van der Waals surface area contributed by atoms with Crippen molar-refractivity contribution in [3.8, 4) is 5.75 Å². The van der Waals surface area contributed by atoms with E-state index in [1.165, 1.54) is 23.5 Å². The van der Waals surface area contributed by atoms with Crippen LogP contribution < -0.4 is 4.74 Å². The van der Waals surface area contributed by atoms with Crippen LogP contribution >= 0.6 is 0 Å². The number of morpholine rings is 1. The zero-order chi connectivity index (χ0) is 17.2. The molecule has 0 spiro atoms. The summed E-state index contributed by atoms with van der Waals surface area (Å²) < 4.78 is 37.5. The summed E-state index contributed by atoms with van der Waals surface area (Å²) in [5.41, 5.74) is 0.